The topological polar surface area (TPSA) is 84.8 Å². The summed E-state index contributed by atoms with van der Waals surface area (Å²) in [5.41, 5.74) is 11.7. The van der Waals surface area contributed by atoms with Crippen LogP contribution in [0.15, 0.2) is 174 Å². The van der Waals surface area contributed by atoms with Crippen molar-refractivity contribution in [3.63, 3.8) is 0 Å². The fraction of sp³-hybridized carbons (Fsp3) is 0.0213. The summed E-state index contributed by atoms with van der Waals surface area (Å²) in [5, 5.41) is 29.5. The van der Waals surface area contributed by atoms with E-state index in [9.17, 15) is 5.26 Å². The van der Waals surface area contributed by atoms with E-state index in [-0.39, 0.29) is 6.17 Å². The number of rotatable bonds is 6. The second-order valence-corrected chi connectivity index (χ2v) is 12.9. The second kappa shape index (κ2) is 12.9. The van der Waals surface area contributed by atoms with Gasteiger partial charge in [0.05, 0.1) is 11.6 Å². The summed E-state index contributed by atoms with van der Waals surface area (Å²) in [6.45, 7) is 0. The lowest BCUT2D eigenvalue weighted by molar-refractivity contribution is 0.670. The van der Waals surface area contributed by atoms with Crippen molar-refractivity contribution in [2.75, 3.05) is 0 Å². The van der Waals surface area contributed by atoms with Gasteiger partial charge in [0.2, 0.25) is 0 Å². The lowest BCUT2D eigenvalue weighted by Crippen LogP contribution is -2.44. The number of hydrogen-bond acceptors (Lipinski definition) is 4. The molecule has 0 saturated heterocycles. The van der Waals surface area contributed by atoms with Crippen molar-refractivity contribution in [3.05, 3.63) is 187 Å². The number of hydrogen-bond donors (Lipinski definition) is 3. The first-order valence-electron chi connectivity index (χ1n) is 17.3. The standard InChI is InChI=1S/C47H32N4O/c48-29-30-20-22-32(23-21-30)38-15-7-18-42-43-28-34(24-25-44(43)52-45(38)42)37-14-6-16-40-36(13-5-17-41(37)40)33-11-4-12-35(27-33)46(49)51-47-39(19-8-26-50-47)31-9-2-1-3-10-31/h1-28,47,50H,(H2,49,51). The van der Waals surface area contributed by atoms with Gasteiger partial charge in [0.1, 0.15) is 23.2 Å². The first kappa shape index (κ1) is 30.9. The van der Waals surface area contributed by atoms with Crippen molar-refractivity contribution in [1.82, 2.24) is 10.6 Å². The van der Waals surface area contributed by atoms with E-state index in [1.807, 2.05) is 66.9 Å². The Balaban J connectivity index is 1.06. The SMILES string of the molecule is N#Cc1ccc(-c2cccc3c2oc2ccc(-c4cccc5c(-c6cccc(C(=N)NC7NC=CC=C7c7ccccc7)c6)cccc45)cc23)cc1. The van der Waals surface area contributed by atoms with Crippen molar-refractivity contribution < 1.29 is 4.42 Å². The van der Waals surface area contributed by atoms with Gasteiger partial charge < -0.3 is 15.1 Å². The first-order chi connectivity index (χ1) is 25.6. The quantitative estimate of drug-likeness (QED) is 0.122. The van der Waals surface area contributed by atoms with Crippen molar-refractivity contribution in [1.29, 1.82) is 10.7 Å². The van der Waals surface area contributed by atoms with Crippen molar-refractivity contribution >= 4 is 44.1 Å². The summed E-state index contributed by atoms with van der Waals surface area (Å²) in [6.07, 6.45) is 5.76. The molecular weight excluding hydrogens is 637 g/mol. The number of nitrogens with zero attached hydrogens (tertiary/aromatic N) is 1. The molecule has 52 heavy (non-hydrogen) atoms. The van der Waals surface area contributed by atoms with Gasteiger partial charge in [0.15, 0.2) is 0 Å². The summed E-state index contributed by atoms with van der Waals surface area (Å²) in [4.78, 5) is 0. The van der Waals surface area contributed by atoms with Gasteiger partial charge in [0, 0.05) is 27.5 Å². The molecule has 5 nitrogen and oxygen atoms in total. The third-order valence-electron chi connectivity index (χ3n) is 9.86. The number of furan rings is 1. The second-order valence-electron chi connectivity index (χ2n) is 12.9. The van der Waals surface area contributed by atoms with Gasteiger partial charge in [-0.2, -0.15) is 5.26 Å². The van der Waals surface area contributed by atoms with Crippen LogP contribution in [0.25, 0.3) is 71.7 Å². The number of allylic oxidation sites excluding steroid dienone is 2. The average molecular weight is 669 g/mol. The monoisotopic (exact) mass is 668 g/mol. The van der Waals surface area contributed by atoms with Crippen LogP contribution in [0, 0.1) is 16.7 Å². The predicted octanol–water partition coefficient (Wildman–Crippen LogP) is 11.1. The van der Waals surface area contributed by atoms with E-state index in [1.165, 1.54) is 0 Å². The molecule has 3 N–H and O–H groups in total. The van der Waals surface area contributed by atoms with E-state index in [4.69, 9.17) is 9.83 Å². The Bertz CT molecular complexity index is 2770. The van der Waals surface area contributed by atoms with E-state index >= 15 is 0 Å². The third-order valence-corrected chi connectivity index (χ3v) is 9.86. The lowest BCUT2D eigenvalue weighted by Gasteiger charge is -2.26. The summed E-state index contributed by atoms with van der Waals surface area (Å²) >= 11 is 0. The number of dihydropyridines is 1. The largest absolute Gasteiger partial charge is 0.455 e. The molecule has 0 radical (unpaired) electrons. The maximum Gasteiger partial charge on any atom is 0.143 e. The molecule has 1 atom stereocenters. The Morgan fingerprint density at radius 1 is 0.615 bits per heavy atom. The summed E-state index contributed by atoms with van der Waals surface area (Å²) in [5.74, 6) is 0.348. The van der Waals surface area contributed by atoms with E-state index in [0.717, 1.165) is 82.8 Å². The number of amidine groups is 1. The molecule has 8 aromatic rings. The zero-order valence-corrected chi connectivity index (χ0v) is 28.1. The maximum atomic E-state index is 9.26. The molecule has 1 unspecified atom stereocenters. The molecule has 1 aliphatic rings. The fourth-order valence-corrected chi connectivity index (χ4v) is 7.30. The summed E-state index contributed by atoms with van der Waals surface area (Å²) < 4.78 is 6.46. The molecule has 2 heterocycles. The lowest BCUT2D eigenvalue weighted by atomic mass is 9.92. The van der Waals surface area contributed by atoms with Crippen LogP contribution in [-0.4, -0.2) is 12.0 Å². The molecule has 9 rings (SSSR count). The molecule has 0 fully saturated rings. The molecular formula is C47H32N4O. The maximum absolute atomic E-state index is 9.26. The molecule has 246 valence electrons. The molecule has 5 heteroatoms. The van der Waals surface area contributed by atoms with Crippen LogP contribution < -0.4 is 10.6 Å². The minimum atomic E-state index is -0.226. The molecule has 7 aromatic carbocycles. The van der Waals surface area contributed by atoms with Gasteiger partial charge in [-0.3, -0.25) is 5.41 Å². The number of fused-ring (bicyclic) bond motifs is 4. The van der Waals surface area contributed by atoms with E-state index in [1.54, 1.807) is 0 Å². The van der Waals surface area contributed by atoms with Gasteiger partial charge in [-0.05, 0) is 86.8 Å². The van der Waals surface area contributed by atoms with Crippen molar-refractivity contribution in [2.45, 2.75) is 6.17 Å². The zero-order valence-electron chi connectivity index (χ0n) is 28.1. The normalized spacial score (nSPS) is 13.8. The Labute approximate surface area is 301 Å². The minimum absolute atomic E-state index is 0.226. The van der Waals surface area contributed by atoms with Crippen LogP contribution in [-0.2, 0) is 0 Å². The van der Waals surface area contributed by atoms with Crippen molar-refractivity contribution in [3.8, 4) is 39.4 Å². The van der Waals surface area contributed by atoms with Crippen LogP contribution in [0.2, 0.25) is 0 Å². The number of nitriles is 1. The molecule has 1 aliphatic heterocycles. The highest BCUT2D eigenvalue weighted by atomic mass is 16.3. The minimum Gasteiger partial charge on any atom is -0.455 e. The molecule has 0 aliphatic carbocycles. The molecule has 0 bridgehead atoms. The highest BCUT2D eigenvalue weighted by Crippen LogP contribution is 2.40. The van der Waals surface area contributed by atoms with Crippen LogP contribution in [0.3, 0.4) is 0 Å². The average Bonchev–Trinajstić information content (AvgIpc) is 3.59. The van der Waals surface area contributed by atoms with Gasteiger partial charge in [0.25, 0.3) is 0 Å². The Hall–Kier alpha value is -7.16. The Kier molecular flexibility index (Phi) is 7.68. The predicted molar refractivity (Wildman–Crippen MR) is 213 cm³/mol. The van der Waals surface area contributed by atoms with Gasteiger partial charge in [-0.1, -0.05) is 127 Å². The van der Waals surface area contributed by atoms with Crippen molar-refractivity contribution in [2.24, 2.45) is 0 Å². The van der Waals surface area contributed by atoms with Crippen LogP contribution in [0.5, 0.6) is 0 Å². The number of nitrogens with one attached hydrogen (secondary N) is 3. The molecule has 1 aromatic heterocycles. The van der Waals surface area contributed by atoms with Crippen LogP contribution in [0.1, 0.15) is 16.7 Å². The van der Waals surface area contributed by atoms with E-state index in [0.29, 0.717) is 11.4 Å². The third kappa shape index (κ3) is 5.49. The highest BCUT2D eigenvalue weighted by Gasteiger charge is 2.19. The fourth-order valence-electron chi connectivity index (χ4n) is 7.30. The smallest absolute Gasteiger partial charge is 0.143 e. The Morgan fingerprint density at radius 2 is 1.27 bits per heavy atom. The van der Waals surface area contributed by atoms with E-state index < -0.39 is 0 Å². The zero-order chi connectivity index (χ0) is 35.0. The van der Waals surface area contributed by atoms with Gasteiger partial charge in [-0.15, -0.1) is 0 Å². The highest BCUT2D eigenvalue weighted by molar-refractivity contribution is 6.12. The molecule has 0 amide bonds. The summed E-state index contributed by atoms with van der Waals surface area (Å²) in [6, 6.07) is 53.9. The number of benzene rings is 7. The number of para-hydroxylation sites is 1. The molecule has 0 saturated carbocycles. The molecule has 0 spiro atoms. The van der Waals surface area contributed by atoms with Gasteiger partial charge >= 0.3 is 0 Å². The van der Waals surface area contributed by atoms with Crippen LogP contribution in [0.4, 0.5) is 0 Å². The Morgan fingerprint density at radius 3 is 2.02 bits per heavy atom. The van der Waals surface area contributed by atoms with E-state index in [2.05, 4.69) is 120 Å². The first-order valence-corrected chi connectivity index (χ1v) is 17.3. The van der Waals surface area contributed by atoms with Crippen LogP contribution >= 0.6 is 0 Å². The summed E-state index contributed by atoms with van der Waals surface area (Å²) in [7, 11) is 0. The van der Waals surface area contributed by atoms with Gasteiger partial charge in [-0.25, -0.2) is 0 Å².